The second-order valence-corrected chi connectivity index (χ2v) is 7.80. The van der Waals surface area contributed by atoms with Crippen molar-refractivity contribution in [2.45, 2.75) is 25.1 Å². The predicted octanol–water partition coefficient (Wildman–Crippen LogP) is 4.44. The van der Waals surface area contributed by atoms with Crippen molar-refractivity contribution in [2.24, 2.45) is 0 Å². The molecule has 160 valence electrons. The van der Waals surface area contributed by atoms with Crippen LogP contribution in [0.4, 0.5) is 23.7 Å². The fraction of sp³-hybridized carbons (Fsp3) is 0.273. The average molecular weight is 429 g/mol. The zero-order chi connectivity index (χ0) is 22.1. The first kappa shape index (κ1) is 19.5. The molecule has 0 bridgehead atoms. The molecule has 2 aliphatic heterocycles. The molecule has 2 aromatic carbocycles. The van der Waals surface area contributed by atoms with Gasteiger partial charge in [-0.1, -0.05) is 12.1 Å². The molecule has 1 fully saturated rings. The zero-order valence-corrected chi connectivity index (χ0v) is 16.7. The van der Waals surface area contributed by atoms with Crippen LogP contribution in [0.15, 0.2) is 42.5 Å². The number of nitrogens with one attached hydrogen (secondary N) is 1. The summed E-state index contributed by atoms with van der Waals surface area (Å²) in [6.07, 6.45) is -4.24. The Bertz CT molecular complexity index is 1250. The summed E-state index contributed by atoms with van der Waals surface area (Å²) in [5.74, 6) is -0.0647. The van der Waals surface area contributed by atoms with Crippen molar-refractivity contribution in [1.82, 2.24) is 9.88 Å². The fourth-order valence-electron chi connectivity index (χ4n) is 4.67. The van der Waals surface area contributed by atoms with E-state index in [1.54, 1.807) is 20.1 Å². The molecule has 1 atom stereocenters. The van der Waals surface area contributed by atoms with E-state index in [0.717, 1.165) is 28.6 Å². The predicted molar refractivity (Wildman–Crippen MR) is 107 cm³/mol. The van der Waals surface area contributed by atoms with Crippen LogP contribution in [0.3, 0.4) is 0 Å². The van der Waals surface area contributed by atoms with Crippen LogP contribution in [-0.2, 0) is 22.9 Å². The summed E-state index contributed by atoms with van der Waals surface area (Å²) in [5, 5.41) is 0.865. The molecule has 0 saturated carbocycles. The number of benzene rings is 2. The van der Waals surface area contributed by atoms with Crippen molar-refractivity contribution in [3.8, 4) is 5.75 Å². The highest BCUT2D eigenvalue weighted by Crippen LogP contribution is 2.47. The second-order valence-electron chi connectivity index (χ2n) is 7.80. The summed E-state index contributed by atoms with van der Waals surface area (Å²) in [7, 11) is 1.55. The molecule has 0 aliphatic carbocycles. The van der Waals surface area contributed by atoms with Gasteiger partial charge in [-0.15, -0.1) is 0 Å². The van der Waals surface area contributed by atoms with Gasteiger partial charge in [0.15, 0.2) is 5.54 Å². The number of aromatic nitrogens is 1. The van der Waals surface area contributed by atoms with Gasteiger partial charge in [0.25, 0.3) is 5.91 Å². The highest BCUT2D eigenvalue weighted by Gasteiger charge is 2.59. The number of urea groups is 1. The molecular formula is C22H18F3N3O3. The van der Waals surface area contributed by atoms with E-state index in [-0.39, 0.29) is 6.54 Å². The Labute approximate surface area is 175 Å². The fourth-order valence-corrected chi connectivity index (χ4v) is 4.67. The molecule has 6 nitrogen and oxygen atoms in total. The van der Waals surface area contributed by atoms with Crippen molar-refractivity contribution in [2.75, 3.05) is 18.6 Å². The van der Waals surface area contributed by atoms with E-state index < -0.39 is 34.9 Å². The Morgan fingerprint density at radius 2 is 1.87 bits per heavy atom. The van der Waals surface area contributed by atoms with Gasteiger partial charge in [-0.2, -0.15) is 13.2 Å². The van der Waals surface area contributed by atoms with Gasteiger partial charge in [0.2, 0.25) is 0 Å². The maximum atomic E-state index is 13.6. The second kappa shape index (κ2) is 6.26. The molecule has 1 saturated heterocycles. The standard InChI is InChI=1S/C22H18F3N3O3/c1-21-18-13(14-11-12(31-2)7-8-16(14)26-18)9-10-27(21)20(30)28(19(21)29)17-6-4-3-5-15(17)22(23,24)25/h3-8,11,26H,9-10H2,1-2H3/t21-/m1/s1. The van der Waals surface area contributed by atoms with Gasteiger partial charge in [-0.3, -0.25) is 4.79 Å². The number of nitrogens with zero attached hydrogens (tertiary/aromatic N) is 2. The van der Waals surface area contributed by atoms with Crippen molar-refractivity contribution in [3.05, 3.63) is 59.3 Å². The summed E-state index contributed by atoms with van der Waals surface area (Å²) >= 11 is 0. The molecule has 5 rings (SSSR count). The van der Waals surface area contributed by atoms with E-state index in [4.69, 9.17) is 4.74 Å². The number of fused-ring (bicyclic) bond motifs is 5. The number of hydrogen-bond donors (Lipinski definition) is 1. The summed E-state index contributed by atoms with van der Waals surface area (Å²) < 4.78 is 46.1. The van der Waals surface area contributed by atoms with Crippen LogP contribution < -0.4 is 9.64 Å². The normalized spacial score (nSPS) is 20.9. The highest BCUT2D eigenvalue weighted by atomic mass is 19.4. The molecule has 0 unspecified atom stereocenters. The van der Waals surface area contributed by atoms with Gasteiger partial charge in [0.1, 0.15) is 5.75 Å². The minimum absolute atomic E-state index is 0.211. The number of rotatable bonds is 2. The van der Waals surface area contributed by atoms with Crippen LogP contribution in [0.5, 0.6) is 5.75 Å². The molecule has 3 amide bonds. The van der Waals surface area contributed by atoms with E-state index in [1.165, 1.54) is 17.0 Å². The summed E-state index contributed by atoms with van der Waals surface area (Å²) in [5.41, 5.74) is -0.771. The van der Waals surface area contributed by atoms with E-state index in [0.29, 0.717) is 22.8 Å². The third kappa shape index (κ3) is 2.52. The quantitative estimate of drug-likeness (QED) is 0.613. The summed E-state index contributed by atoms with van der Waals surface area (Å²) in [6.45, 7) is 1.79. The number of aromatic amines is 1. The number of amides is 3. The van der Waals surface area contributed by atoms with Crippen LogP contribution >= 0.6 is 0 Å². The zero-order valence-electron chi connectivity index (χ0n) is 16.7. The first-order chi connectivity index (χ1) is 14.7. The Hall–Kier alpha value is -3.49. The number of imide groups is 1. The first-order valence-electron chi connectivity index (χ1n) is 9.69. The SMILES string of the molecule is COc1ccc2[nH]c3c(c2c1)CCN1C(=O)N(c2ccccc2C(F)(F)F)C(=O)[C@@]31C. The Kier molecular flexibility index (Phi) is 3.93. The van der Waals surface area contributed by atoms with Crippen molar-refractivity contribution in [1.29, 1.82) is 0 Å². The summed E-state index contributed by atoms with van der Waals surface area (Å²) in [6, 6.07) is 9.32. The number of alkyl halides is 3. The lowest BCUT2D eigenvalue weighted by Gasteiger charge is -2.35. The van der Waals surface area contributed by atoms with E-state index in [1.807, 2.05) is 12.1 Å². The van der Waals surface area contributed by atoms with Gasteiger partial charge in [-0.05, 0) is 49.2 Å². The molecule has 31 heavy (non-hydrogen) atoms. The third-order valence-electron chi connectivity index (χ3n) is 6.22. The minimum atomic E-state index is -4.70. The third-order valence-corrected chi connectivity index (χ3v) is 6.22. The summed E-state index contributed by atoms with van der Waals surface area (Å²) in [4.78, 5) is 32.0. The lowest BCUT2D eigenvalue weighted by molar-refractivity contribution is -0.137. The molecule has 9 heteroatoms. The molecule has 0 spiro atoms. The van der Waals surface area contributed by atoms with Gasteiger partial charge in [0, 0.05) is 17.4 Å². The maximum absolute atomic E-state index is 13.6. The number of anilines is 1. The Morgan fingerprint density at radius 3 is 2.58 bits per heavy atom. The van der Waals surface area contributed by atoms with E-state index in [2.05, 4.69) is 4.98 Å². The number of hydrogen-bond acceptors (Lipinski definition) is 3. The average Bonchev–Trinajstić information content (AvgIpc) is 3.21. The van der Waals surface area contributed by atoms with Crippen molar-refractivity contribution < 1.29 is 27.5 Å². The largest absolute Gasteiger partial charge is 0.497 e. The van der Waals surface area contributed by atoms with Gasteiger partial charge < -0.3 is 14.6 Å². The Morgan fingerprint density at radius 1 is 1.13 bits per heavy atom. The molecular weight excluding hydrogens is 411 g/mol. The number of halogens is 3. The number of carbonyl (C=O) groups excluding carboxylic acids is 2. The number of para-hydroxylation sites is 1. The minimum Gasteiger partial charge on any atom is -0.497 e. The molecule has 1 N–H and O–H groups in total. The molecule has 3 aromatic rings. The molecule has 3 heterocycles. The van der Waals surface area contributed by atoms with Crippen molar-refractivity contribution >= 4 is 28.5 Å². The monoisotopic (exact) mass is 429 g/mol. The smallest absolute Gasteiger partial charge is 0.418 e. The van der Waals surface area contributed by atoms with E-state index in [9.17, 15) is 22.8 Å². The molecule has 0 radical (unpaired) electrons. The van der Waals surface area contributed by atoms with Crippen LogP contribution in [0.25, 0.3) is 10.9 Å². The number of carbonyl (C=O) groups is 2. The van der Waals surface area contributed by atoms with Gasteiger partial charge >= 0.3 is 12.2 Å². The van der Waals surface area contributed by atoms with Crippen LogP contribution in [-0.4, -0.2) is 35.5 Å². The lowest BCUT2D eigenvalue weighted by Crippen LogP contribution is -2.49. The van der Waals surface area contributed by atoms with Crippen LogP contribution in [0.2, 0.25) is 0 Å². The van der Waals surface area contributed by atoms with Crippen LogP contribution in [0.1, 0.15) is 23.7 Å². The van der Waals surface area contributed by atoms with Gasteiger partial charge in [0.05, 0.1) is 24.1 Å². The maximum Gasteiger partial charge on any atom is 0.418 e. The number of ether oxygens (including phenoxy) is 1. The van der Waals surface area contributed by atoms with E-state index >= 15 is 0 Å². The number of H-pyrrole nitrogens is 1. The topological polar surface area (TPSA) is 65.6 Å². The Balaban J connectivity index is 1.68. The van der Waals surface area contributed by atoms with Crippen molar-refractivity contribution in [3.63, 3.8) is 0 Å². The number of methoxy groups -OCH3 is 1. The molecule has 2 aliphatic rings. The first-order valence-corrected chi connectivity index (χ1v) is 9.69. The molecule has 1 aromatic heterocycles. The van der Waals surface area contributed by atoms with Crippen LogP contribution in [0, 0.1) is 0 Å². The highest BCUT2D eigenvalue weighted by molar-refractivity contribution is 6.24. The van der Waals surface area contributed by atoms with Gasteiger partial charge in [-0.25, -0.2) is 9.69 Å². The lowest BCUT2D eigenvalue weighted by atomic mass is 9.87.